The number of benzene rings is 1. The van der Waals surface area contributed by atoms with E-state index in [0.29, 0.717) is 37.7 Å². The molecular weight excluding hydrogens is 294 g/mol. The lowest BCUT2D eigenvalue weighted by Gasteiger charge is -2.33. The number of amides is 3. The van der Waals surface area contributed by atoms with Crippen LogP contribution < -0.4 is 5.32 Å². The molecule has 0 spiro atoms. The highest BCUT2D eigenvalue weighted by Gasteiger charge is 2.24. The molecule has 0 radical (unpaired) electrons. The van der Waals surface area contributed by atoms with Gasteiger partial charge in [0.05, 0.1) is 7.11 Å². The summed E-state index contributed by atoms with van der Waals surface area (Å²) in [5.74, 6) is 0. The Hall–Kier alpha value is -1.95. The minimum Gasteiger partial charge on any atom is -0.453 e. The Balaban J connectivity index is 1.78. The van der Waals surface area contributed by atoms with E-state index in [1.54, 1.807) is 15.9 Å². The van der Waals surface area contributed by atoms with Gasteiger partial charge in [0.2, 0.25) is 0 Å². The van der Waals surface area contributed by atoms with E-state index in [2.05, 4.69) is 10.1 Å². The highest BCUT2D eigenvalue weighted by molar-refractivity contribution is 6.30. The Kier molecular flexibility index (Phi) is 5.27. The van der Waals surface area contributed by atoms with Crippen LogP contribution in [-0.2, 0) is 11.3 Å². The molecular formula is C14H18ClN3O3. The molecule has 21 heavy (non-hydrogen) atoms. The van der Waals surface area contributed by atoms with E-state index >= 15 is 0 Å². The molecule has 1 N–H and O–H groups in total. The number of hydrogen-bond donors (Lipinski definition) is 1. The lowest BCUT2D eigenvalue weighted by Crippen LogP contribution is -2.53. The van der Waals surface area contributed by atoms with Gasteiger partial charge in [-0.25, -0.2) is 9.59 Å². The Morgan fingerprint density at radius 1 is 1.24 bits per heavy atom. The van der Waals surface area contributed by atoms with E-state index in [4.69, 9.17) is 11.6 Å². The van der Waals surface area contributed by atoms with Crippen molar-refractivity contribution >= 4 is 23.7 Å². The number of methoxy groups -OCH3 is 1. The maximum atomic E-state index is 12.0. The predicted octanol–water partition coefficient (Wildman–Crippen LogP) is 1.93. The molecule has 1 aromatic carbocycles. The van der Waals surface area contributed by atoms with Gasteiger partial charge in [-0.3, -0.25) is 0 Å². The van der Waals surface area contributed by atoms with Crippen LogP contribution in [0.5, 0.6) is 0 Å². The summed E-state index contributed by atoms with van der Waals surface area (Å²) in [4.78, 5) is 26.7. The highest BCUT2D eigenvalue weighted by atomic mass is 35.5. The molecule has 6 nitrogen and oxygen atoms in total. The van der Waals surface area contributed by atoms with E-state index in [1.807, 2.05) is 18.2 Å². The number of nitrogens with one attached hydrogen (secondary N) is 1. The molecule has 7 heteroatoms. The normalized spacial score (nSPS) is 14.8. The van der Waals surface area contributed by atoms with Gasteiger partial charge in [0.15, 0.2) is 0 Å². The molecule has 0 saturated carbocycles. The lowest BCUT2D eigenvalue weighted by atomic mass is 10.2. The number of nitrogens with zero attached hydrogens (tertiary/aromatic N) is 2. The number of hydrogen-bond acceptors (Lipinski definition) is 3. The van der Waals surface area contributed by atoms with E-state index in [9.17, 15) is 9.59 Å². The average molecular weight is 312 g/mol. The molecule has 0 unspecified atom stereocenters. The number of piperazine rings is 1. The van der Waals surface area contributed by atoms with E-state index in [0.717, 1.165) is 5.56 Å². The van der Waals surface area contributed by atoms with Crippen LogP contribution in [0.15, 0.2) is 24.3 Å². The smallest absolute Gasteiger partial charge is 0.409 e. The van der Waals surface area contributed by atoms with Crippen LogP contribution in [0, 0.1) is 0 Å². The molecule has 1 aliphatic rings. The average Bonchev–Trinajstić information content (AvgIpc) is 2.52. The first-order chi connectivity index (χ1) is 10.1. The number of carbonyl (C=O) groups excluding carboxylic acids is 2. The second kappa shape index (κ2) is 7.17. The second-order valence-corrected chi connectivity index (χ2v) is 5.17. The minimum atomic E-state index is -0.353. The predicted molar refractivity (Wildman–Crippen MR) is 79.2 cm³/mol. The van der Waals surface area contributed by atoms with Crippen molar-refractivity contribution in [3.05, 3.63) is 34.9 Å². The minimum absolute atomic E-state index is 0.139. The molecule has 0 bridgehead atoms. The maximum absolute atomic E-state index is 12.0. The zero-order chi connectivity index (χ0) is 15.2. The fraction of sp³-hybridized carbons (Fsp3) is 0.429. The first kappa shape index (κ1) is 15.4. The fourth-order valence-corrected chi connectivity index (χ4v) is 2.37. The second-order valence-electron chi connectivity index (χ2n) is 4.73. The fourth-order valence-electron chi connectivity index (χ4n) is 2.16. The zero-order valence-electron chi connectivity index (χ0n) is 11.8. The number of halogens is 1. The van der Waals surface area contributed by atoms with Crippen LogP contribution in [0.3, 0.4) is 0 Å². The summed E-state index contributed by atoms with van der Waals surface area (Å²) >= 11 is 5.90. The van der Waals surface area contributed by atoms with Crippen LogP contribution in [0.4, 0.5) is 9.59 Å². The third-order valence-electron chi connectivity index (χ3n) is 3.33. The summed E-state index contributed by atoms with van der Waals surface area (Å²) in [5.41, 5.74) is 0.948. The van der Waals surface area contributed by atoms with Gasteiger partial charge in [0.1, 0.15) is 0 Å². The summed E-state index contributed by atoms with van der Waals surface area (Å²) in [6.07, 6.45) is -0.353. The largest absolute Gasteiger partial charge is 0.453 e. The zero-order valence-corrected chi connectivity index (χ0v) is 12.6. The SMILES string of the molecule is COC(=O)N1CCN(C(=O)NCc2cccc(Cl)c2)CC1. The van der Waals surface area contributed by atoms with E-state index < -0.39 is 0 Å². The van der Waals surface area contributed by atoms with Crippen molar-refractivity contribution in [3.63, 3.8) is 0 Å². The molecule has 1 aromatic rings. The Morgan fingerprint density at radius 2 is 1.90 bits per heavy atom. The van der Waals surface area contributed by atoms with Crippen molar-refractivity contribution in [2.45, 2.75) is 6.54 Å². The van der Waals surface area contributed by atoms with Crippen molar-refractivity contribution in [2.24, 2.45) is 0 Å². The summed E-state index contributed by atoms with van der Waals surface area (Å²) in [6, 6.07) is 7.22. The number of carbonyl (C=O) groups is 2. The standard InChI is InChI=1S/C14H18ClN3O3/c1-21-14(20)18-7-5-17(6-8-18)13(19)16-10-11-3-2-4-12(15)9-11/h2-4,9H,5-8,10H2,1H3,(H,16,19). The third kappa shape index (κ3) is 4.26. The van der Waals surface area contributed by atoms with Crippen LogP contribution >= 0.6 is 11.6 Å². The molecule has 114 valence electrons. The number of rotatable bonds is 2. The third-order valence-corrected chi connectivity index (χ3v) is 3.57. The van der Waals surface area contributed by atoms with Crippen LogP contribution in [-0.4, -0.2) is 55.2 Å². The molecule has 1 heterocycles. The van der Waals surface area contributed by atoms with Crippen LogP contribution in [0.2, 0.25) is 5.02 Å². The Bertz CT molecular complexity index is 516. The van der Waals surface area contributed by atoms with Crippen molar-refractivity contribution in [2.75, 3.05) is 33.3 Å². The van der Waals surface area contributed by atoms with Gasteiger partial charge in [0.25, 0.3) is 0 Å². The Morgan fingerprint density at radius 3 is 2.52 bits per heavy atom. The van der Waals surface area contributed by atoms with Crippen molar-refractivity contribution in [3.8, 4) is 0 Å². The first-order valence-electron chi connectivity index (χ1n) is 6.70. The van der Waals surface area contributed by atoms with E-state index in [1.165, 1.54) is 7.11 Å². The van der Waals surface area contributed by atoms with Gasteiger partial charge in [-0.05, 0) is 17.7 Å². The molecule has 0 aliphatic carbocycles. The van der Waals surface area contributed by atoms with Gasteiger partial charge in [-0.15, -0.1) is 0 Å². The van der Waals surface area contributed by atoms with Gasteiger partial charge < -0.3 is 19.9 Å². The molecule has 2 rings (SSSR count). The Labute approximate surface area is 128 Å². The van der Waals surface area contributed by atoms with Crippen molar-refractivity contribution in [1.82, 2.24) is 15.1 Å². The lowest BCUT2D eigenvalue weighted by molar-refractivity contribution is 0.0970. The van der Waals surface area contributed by atoms with Crippen molar-refractivity contribution < 1.29 is 14.3 Å². The number of ether oxygens (including phenoxy) is 1. The maximum Gasteiger partial charge on any atom is 0.409 e. The monoisotopic (exact) mass is 311 g/mol. The van der Waals surface area contributed by atoms with Gasteiger partial charge >= 0.3 is 12.1 Å². The number of urea groups is 1. The molecule has 1 aliphatic heterocycles. The molecule has 1 saturated heterocycles. The summed E-state index contributed by atoms with van der Waals surface area (Å²) < 4.78 is 4.66. The summed E-state index contributed by atoms with van der Waals surface area (Å²) in [6.45, 7) is 2.39. The van der Waals surface area contributed by atoms with Crippen molar-refractivity contribution in [1.29, 1.82) is 0 Å². The first-order valence-corrected chi connectivity index (χ1v) is 7.08. The van der Waals surface area contributed by atoms with Crippen LogP contribution in [0.25, 0.3) is 0 Å². The van der Waals surface area contributed by atoms with E-state index in [-0.39, 0.29) is 12.1 Å². The van der Waals surface area contributed by atoms with Gasteiger partial charge in [0, 0.05) is 37.7 Å². The summed E-state index contributed by atoms with van der Waals surface area (Å²) in [7, 11) is 1.35. The van der Waals surface area contributed by atoms with Gasteiger partial charge in [-0.1, -0.05) is 23.7 Å². The highest BCUT2D eigenvalue weighted by Crippen LogP contribution is 2.10. The molecule has 0 atom stereocenters. The topological polar surface area (TPSA) is 61.9 Å². The molecule has 1 fully saturated rings. The summed E-state index contributed by atoms with van der Waals surface area (Å²) in [5, 5.41) is 3.49. The quantitative estimate of drug-likeness (QED) is 0.908. The van der Waals surface area contributed by atoms with Gasteiger partial charge in [-0.2, -0.15) is 0 Å². The molecule has 3 amide bonds. The van der Waals surface area contributed by atoms with Crippen LogP contribution in [0.1, 0.15) is 5.56 Å². The molecule has 0 aromatic heterocycles.